The van der Waals surface area contributed by atoms with Crippen molar-refractivity contribution in [3.05, 3.63) is 164 Å². The van der Waals surface area contributed by atoms with E-state index in [0.29, 0.717) is 17.2 Å². The van der Waals surface area contributed by atoms with E-state index in [9.17, 15) is 44.3 Å². The van der Waals surface area contributed by atoms with Gasteiger partial charge < -0.3 is 48.7 Å². The number of rotatable bonds is 21. The summed E-state index contributed by atoms with van der Waals surface area (Å²) in [6.45, 7) is 8.06. The lowest BCUT2D eigenvalue weighted by atomic mass is 9.43. The fourth-order valence-corrected chi connectivity index (χ4v) is 16.5. The number of aliphatic hydroxyl groups is 2. The number of nitro benzene ring substituents is 1. The Morgan fingerprint density at radius 3 is 2.21 bits per heavy atom. The van der Waals surface area contributed by atoms with Gasteiger partial charge in [-0.2, -0.15) is 0 Å². The first kappa shape index (κ1) is 64.1. The van der Waals surface area contributed by atoms with E-state index in [-0.39, 0.29) is 65.1 Å². The van der Waals surface area contributed by atoms with Crippen molar-refractivity contribution in [2.24, 2.45) is 22.7 Å². The molecule has 462 valence electrons. The van der Waals surface area contributed by atoms with Crippen LogP contribution in [0.4, 0.5) is 10.5 Å². The van der Waals surface area contributed by atoms with E-state index in [4.69, 9.17) is 33.2 Å². The topological polar surface area (TPSA) is 280 Å². The normalized spacial score (nSPS) is 27.8. The Labute approximate surface area is 512 Å². The van der Waals surface area contributed by atoms with Gasteiger partial charge in [0.25, 0.3) is 11.6 Å². The summed E-state index contributed by atoms with van der Waals surface area (Å²) in [4.78, 5) is 112. The molecule has 2 aliphatic heterocycles. The van der Waals surface area contributed by atoms with Crippen LogP contribution in [0.2, 0.25) is 0 Å². The highest BCUT2D eigenvalue weighted by Gasteiger charge is 2.77. The molecule has 1 amide bonds. The minimum absolute atomic E-state index is 0.0680. The second kappa shape index (κ2) is 26.9. The van der Waals surface area contributed by atoms with Crippen molar-refractivity contribution in [3.63, 3.8) is 0 Å². The average molecular weight is 1230 g/mol. The van der Waals surface area contributed by atoms with E-state index in [0.717, 1.165) is 25.0 Å². The quantitative estimate of drug-likeness (QED) is 0.0133. The number of benzene rings is 4. The second-order valence-corrected chi connectivity index (χ2v) is 26.3. The molecule has 2 bridgehead atoms. The van der Waals surface area contributed by atoms with Gasteiger partial charge in [-0.1, -0.05) is 122 Å². The number of Topliss-reactive ketones (excluding diaryl/α,β-unsaturated/α-hetero) is 1. The number of ketones is 1. The van der Waals surface area contributed by atoms with Crippen molar-refractivity contribution >= 4 is 75.1 Å². The van der Waals surface area contributed by atoms with Crippen LogP contribution in [0.25, 0.3) is 6.08 Å². The summed E-state index contributed by atoms with van der Waals surface area (Å²) < 4.78 is 41.9. The van der Waals surface area contributed by atoms with E-state index >= 15 is 9.59 Å². The molecule has 0 radical (unpaired) electrons. The third-order valence-electron chi connectivity index (χ3n) is 17.9. The first-order valence-electron chi connectivity index (χ1n) is 29.1. The van der Waals surface area contributed by atoms with Crippen LogP contribution >= 0.6 is 21.6 Å². The first-order chi connectivity index (χ1) is 41.5. The number of amides is 1. The molecule has 22 heteroatoms. The van der Waals surface area contributed by atoms with Gasteiger partial charge >= 0.3 is 30.0 Å². The van der Waals surface area contributed by atoms with Crippen LogP contribution < -0.4 is 5.32 Å². The Morgan fingerprint density at radius 2 is 1.57 bits per heavy atom. The Kier molecular flexibility index (Phi) is 19.9. The lowest BCUT2D eigenvalue weighted by molar-refractivity contribution is -0.386. The number of hydrogen-bond acceptors (Lipinski definition) is 20. The molecular formula is C65H72N2O18S2. The predicted octanol–water partition coefficient (Wildman–Crippen LogP) is 9.98. The molecule has 20 nitrogen and oxygen atoms in total. The highest BCUT2D eigenvalue weighted by atomic mass is 33.1. The van der Waals surface area contributed by atoms with E-state index in [2.05, 4.69) is 5.32 Å². The third-order valence-corrected chi connectivity index (χ3v) is 20.9. The van der Waals surface area contributed by atoms with Gasteiger partial charge in [0.15, 0.2) is 5.60 Å². The molecule has 4 fully saturated rings. The van der Waals surface area contributed by atoms with E-state index in [1.54, 1.807) is 100 Å². The van der Waals surface area contributed by atoms with Crippen LogP contribution in [0, 0.1) is 32.8 Å². The third kappa shape index (κ3) is 13.1. The van der Waals surface area contributed by atoms with Gasteiger partial charge in [0.2, 0.25) is 6.10 Å². The van der Waals surface area contributed by atoms with Crippen molar-refractivity contribution in [3.8, 4) is 0 Å². The molecular weight excluding hydrogens is 1160 g/mol. The van der Waals surface area contributed by atoms with E-state index < -0.39 is 130 Å². The van der Waals surface area contributed by atoms with Gasteiger partial charge in [-0.05, 0) is 98.4 Å². The number of carbonyl (C=O) groups excluding carboxylic acids is 7. The predicted molar refractivity (Wildman–Crippen MR) is 320 cm³/mol. The number of esters is 4. The number of nitrogens with one attached hydrogen (secondary N) is 1. The largest absolute Gasteiger partial charge is 0.509 e. The summed E-state index contributed by atoms with van der Waals surface area (Å²) in [6, 6.07) is 27.0. The maximum atomic E-state index is 15.6. The number of fused-ring (bicyclic) bond motifs is 5. The number of aliphatic hydroxyl groups excluding tert-OH is 1. The molecule has 2 heterocycles. The number of ether oxygens (including phenoxy) is 7. The molecule has 5 aliphatic rings. The van der Waals surface area contributed by atoms with Crippen LogP contribution in [0.1, 0.15) is 130 Å². The molecule has 4 aromatic carbocycles. The molecule has 12 atom stereocenters. The van der Waals surface area contributed by atoms with Crippen LogP contribution in [-0.2, 0) is 58.9 Å². The summed E-state index contributed by atoms with van der Waals surface area (Å²) in [7, 11) is 3.72. The minimum Gasteiger partial charge on any atom is -0.461 e. The van der Waals surface area contributed by atoms with Crippen molar-refractivity contribution in [1.29, 1.82) is 0 Å². The maximum absolute atomic E-state index is 15.6. The van der Waals surface area contributed by atoms with Gasteiger partial charge in [0.05, 0.1) is 45.7 Å². The standard InChI is InChI=1S/C65H72N2O18S2/c1-38-47(35-65(76)57(84-59(73)44-24-14-9-15-25-44)55-63(6,56(71)39(2)51(38)62(65,4)5)48(69)34-49-64(55,37-81-49)85-40(3)68)82-60(74)54(52(41-20-10-7-11-21-41)66-58(72)43-22-12-8-13-23-43)83-61(75)79-32-19-28-42-26-18-27-45(53(42)67(77)78)36-80-50(70)30-17-16-29-46-31-33-86-87-46/h7-15,18-28,39,46-49,52,54-55,57,69,76H,16-17,29-37H2,1-6H3,(H,66,72)/b28-19+/t39-,46?,47?,48+,49?,52?,54-,55+,57+,63-,64+,65-/m1/s1. The van der Waals surface area contributed by atoms with Crippen LogP contribution in [0.5, 0.6) is 0 Å². The summed E-state index contributed by atoms with van der Waals surface area (Å²) in [5, 5.41) is 42.1. The SMILES string of the molecule is CC(=O)O[C@@]12COC1C[C@H](O)[C@@]1(C)C(=O)[C@H](C)C3=C(C)C(OC(=O)[C@H](OC(=O)OC/C=C/c4cccc(COC(=O)CCCCC5CCSS5)c4[N+](=O)[O-])C(NC(=O)c4ccccc4)c4ccccc4)C[C@@](O)([C@@H](OC(=O)c4ccccc4)[C@@H]12)C3(C)C. The maximum Gasteiger partial charge on any atom is 0.509 e. The van der Waals surface area contributed by atoms with Crippen molar-refractivity contribution in [2.75, 3.05) is 19.0 Å². The van der Waals surface area contributed by atoms with Crippen LogP contribution in [-0.4, -0.2) is 123 Å². The highest BCUT2D eigenvalue weighted by Crippen LogP contribution is 2.65. The van der Waals surface area contributed by atoms with Crippen molar-refractivity contribution in [1.82, 2.24) is 5.32 Å². The molecule has 0 aromatic heterocycles. The lowest BCUT2D eigenvalue weighted by Gasteiger charge is -2.67. The molecule has 4 aromatic rings. The molecule has 9 rings (SSSR count). The molecule has 3 N–H and O–H groups in total. The zero-order valence-electron chi connectivity index (χ0n) is 49.2. The first-order valence-corrected chi connectivity index (χ1v) is 31.4. The lowest BCUT2D eigenvalue weighted by Crippen LogP contribution is -2.81. The van der Waals surface area contributed by atoms with Gasteiger partial charge in [-0.15, -0.1) is 0 Å². The molecule has 87 heavy (non-hydrogen) atoms. The minimum atomic E-state index is -2.35. The summed E-state index contributed by atoms with van der Waals surface area (Å²) >= 11 is 0. The van der Waals surface area contributed by atoms with Gasteiger partial charge in [-0.3, -0.25) is 29.3 Å². The second-order valence-electron chi connectivity index (χ2n) is 23.5. The van der Waals surface area contributed by atoms with Gasteiger partial charge in [-0.25, -0.2) is 14.4 Å². The smallest absolute Gasteiger partial charge is 0.461 e. The molecule has 4 unspecified atom stereocenters. The number of para-hydroxylation sites is 1. The fraction of sp³-hybridized carbons (Fsp3) is 0.462. The number of nitro groups is 1. The Balaban J connectivity index is 1.03. The van der Waals surface area contributed by atoms with E-state index in [1.807, 2.05) is 21.6 Å². The Bertz CT molecular complexity index is 3300. The molecule has 2 saturated carbocycles. The van der Waals surface area contributed by atoms with Crippen LogP contribution in [0.15, 0.2) is 126 Å². The summed E-state index contributed by atoms with van der Waals surface area (Å²) in [5.74, 6) is -6.15. The Morgan fingerprint density at radius 1 is 0.897 bits per heavy atom. The number of carbonyl (C=O) groups is 7. The molecule has 2 saturated heterocycles. The Hall–Kier alpha value is -7.37. The number of hydrogen-bond donors (Lipinski definition) is 3. The van der Waals surface area contributed by atoms with Gasteiger partial charge in [0.1, 0.15) is 49.0 Å². The van der Waals surface area contributed by atoms with E-state index in [1.165, 1.54) is 62.4 Å². The zero-order valence-corrected chi connectivity index (χ0v) is 50.8. The average Bonchev–Trinajstić information content (AvgIpc) is 0.816. The molecule has 3 aliphatic carbocycles. The highest BCUT2D eigenvalue weighted by molar-refractivity contribution is 8.77. The number of unbranched alkanes of at least 4 members (excludes halogenated alkanes) is 1. The summed E-state index contributed by atoms with van der Waals surface area (Å²) in [6.07, 6.45) is -3.52. The fourth-order valence-electron chi connectivity index (χ4n) is 13.5. The molecule has 0 spiro atoms. The van der Waals surface area contributed by atoms with Gasteiger partial charge in [0, 0.05) is 54.1 Å². The number of nitrogens with zero attached hydrogens (tertiary/aromatic N) is 1. The zero-order chi connectivity index (χ0) is 62.4. The monoisotopic (exact) mass is 1230 g/mol. The van der Waals surface area contributed by atoms with Crippen molar-refractivity contribution in [2.45, 2.75) is 146 Å². The summed E-state index contributed by atoms with van der Waals surface area (Å²) in [5.41, 5.74) is -6.47. The van der Waals surface area contributed by atoms with Crippen molar-refractivity contribution < 1.29 is 81.9 Å². The van der Waals surface area contributed by atoms with Crippen LogP contribution in [0.3, 0.4) is 0 Å².